The molecule has 0 atom stereocenters. The number of ether oxygens (including phenoxy) is 1. The first-order valence-electron chi connectivity index (χ1n) is 8.38. The second kappa shape index (κ2) is 8.41. The molecule has 0 N–H and O–H groups in total. The summed E-state index contributed by atoms with van der Waals surface area (Å²) >= 11 is 3.36. The Bertz CT molecular complexity index is 737. The normalized spacial score (nSPS) is 14.2. The van der Waals surface area contributed by atoms with Gasteiger partial charge in [-0.15, -0.1) is 0 Å². The predicted molar refractivity (Wildman–Crippen MR) is 102 cm³/mol. The van der Waals surface area contributed by atoms with Gasteiger partial charge in [-0.2, -0.15) is 0 Å². The fourth-order valence-corrected chi connectivity index (χ4v) is 2.74. The van der Waals surface area contributed by atoms with Crippen LogP contribution in [0.3, 0.4) is 0 Å². The number of carbonyl (C=O) groups is 1. The lowest BCUT2D eigenvalue weighted by Gasteiger charge is -2.11. The van der Waals surface area contributed by atoms with E-state index < -0.39 is 0 Å². The van der Waals surface area contributed by atoms with Crippen molar-refractivity contribution in [1.29, 1.82) is 0 Å². The average Bonchev–Trinajstić information content (AvgIpc) is 3.47. The molecular weight excluding hydrogens is 380 g/mol. The Morgan fingerprint density at radius 3 is 2.56 bits per heavy atom. The van der Waals surface area contributed by atoms with Gasteiger partial charge in [-0.25, -0.2) is 4.98 Å². The lowest BCUT2D eigenvalue weighted by Crippen LogP contribution is -2.20. The fourth-order valence-electron chi connectivity index (χ4n) is 2.47. The number of aromatic nitrogens is 1. The summed E-state index contributed by atoms with van der Waals surface area (Å²) in [5.74, 6) is 0.474. The second-order valence-corrected chi connectivity index (χ2v) is 7.09. The summed E-state index contributed by atoms with van der Waals surface area (Å²) in [5.41, 5.74) is 1.19. The van der Waals surface area contributed by atoms with Crippen LogP contribution in [0, 0.1) is 0 Å². The number of halogens is 1. The number of benzene rings is 1. The van der Waals surface area contributed by atoms with Gasteiger partial charge in [0.15, 0.2) is 5.78 Å². The maximum absolute atomic E-state index is 12.4. The Balaban J connectivity index is 1.49. The summed E-state index contributed by atoms with van der Waals surface area (Å²) in [7, 11) is 2.14. The third kappa shape index (κ3) is 5.25. The molecule has 1 saturated carbocycles. The third-order valence-corrected chi connectivity index (χ3v) is 4.69. The second-order valence-electron chi connectivity index (χ2n) is 6.17. The largest absolute Gasteiger partial charge is 0.473 e. The highest BCUT2D eigenvalue weighted by atomic mass is 79.9. The molecule has 1 aliphatic rings. The minimum atomic E-state index is -0.0467. The molecule has 0 saturated heterocycles. The van der Waals surface area contributed by atoms with Crippen molar-refractivity contribution < 1.29 is 9.53 Å². The molecular formula is C20H21BrN2O2. The highest BCUT2D eigenvalue weighted by Gasteiger charge is 2.24. The zero-order valence-corrected chi connectivity index (χ0v) is 15.8. The van der Waals surface area contributed by atoms with Gasteiger partial charge in [-0.05, 0) is 50.2 Å². The van der Waals surface area contributed by atoms with E-state index in [0.29, 0.717) is 23.6 Å². The summed E-state index contributed by atoms with van der Waals surface area (Å²) in [6, 6.07) is 11.5. The van der Waals surface area contributed by atoms with Gasteiger partial charge in [0.2, 0.25) is 5.88 Å². The molecule has 0 bridgehead atoms. The lowest BCUT2D eigenvalue weighted by molar-refractivity contribution is 0.103. The van der Waals surface area contributed by atoms with Crippen LogP contribution >= 0.6 is 15.9 Å². The smallest absolute Gasteiger partial charge is 0.213 e. The Kier molecular flexibility index (Phi) is 6.00. The third-order valence-electron chi connectivity index (χ3n) is 4.16. The summed E-state index contributed by atoms with van der Waals surface area (Å²) in [6.07, 6.45) is 8.31. The topological polar surface area (TPSA) is 42.4 Å². The number of ketones is 1. The van der Waals surface area contributed by atoms with E-state index in [-0.39, 0.29) is 5.78 Å². The van der Waals surface area contributed by atoms with E-state index in [4.69, 9.17) is 4.74 Å². The van der Waals surface area contributed by atoms with Gasteiger partial charge in [0.25, 0.3) is 0 Å². The molecule has 1 heterocycles. The van der Waals surface area contributed by atoms with Gasteiger partial charge in [0.1, 0.15) is 6.61 Å². The van der Waals surface area contributed by atoms with Crippen molar-refractivity contribution in [1.82, 2.24) is 9.88 Å². The van der Waals surface area contributed by atoms with Crippen LogP contribution in [0.15, 0.2) is 59.2 Å². The predicted octanol–water partition coefficient (Wildman–Crippen LogP) is 4.10. The van der Waals surface area contributed by atoms with E-state index in [2.05, 4.69) is 38.9 Å². The molecule has 0 unspecified atom stereocenters. The maximum atomic E-state index is 12.4. The minimum absolute atomic E-state index is 0.0467. The molecule has 4 nitrogen and oxygen atoms in total. The summed E-state index contributed by atoms with van der Waals surface area (Å²) < 4.78 is 6.53. The van der Waals surface area contributed by atoms with Crippen molar-refractivity contribution in [2.24, 2.45) is 0 Å². The van der Waals surface area contributed by atoms with Crippen LogP contribution < -0.4 is 4.74 Å². The summed E-state index contributed by atoms with van der Waals surface area (Å²) in [4.78, 5) is 18.9. The van der Waals surface area contributed by atoms with Crippen LogP contribution in [-0.4, -0.2) is 41.9 Å². The Morgan fingerprint density at radius 2 is 1.92 bits per heavy atom. The van der Waals surface area contributed by atoms with Gasteiger partial charge in [0.05, 0.1) is 0 Å². The molecule has 3 rings (SSSR count). The van der Waals surface area contributed by atoms with Crippen LogP contribution in [0.5, 0.6) is 5.88 Å². The van der Waals surface area contributed by atoms with Crippen molar-refractivity contribution >= 4 is 21.7 Å². The van der Waals surface area contributed by atoms with Crippen LogP contribution in [0.4, 0.5) is 0 Å². The molecule has 1 aromatic heterocycles. The number of nitrogens with zero attached hydrogens (tertiary/aromatic N) is 2. The number of carbonyl (C=O) groups excluding carboxylic acids is 1. The van der Waals surface area contributed by atoms with Gasteiger partial charge >= 0.3 is 0 Å². The van der Waals surface area contributed by atoms with E-state index in [0.717, 1.165) is 17.1 Å². The van der Waals surface area contributed by atoms with E-state index in [1.807, 2.05) is 18.2 Å². The zero-order chi connectivity index (χ0) is 17.6. The molecule has 0 spiro atoms. The minimum Gasteiger partial charge on any atom is -0.473 e. The first-order valence-corrected chi connectivity index (χ1v) is 9.17. The van der Waals surface area contributed by atoms with Crippen LogP contribution in [0.2, 0.25) is 0 Å². The average molecular weight is 401 g/mol. The SMILES string of the molecule is CN(C/C=C/COc1ccc(C(=O)c2ccc(Br)cc2)cn1)C1CC1. The van der Waals surface area contributed by atoms with E-state index in [9.17, 15) is 4.79 Å². The van der Waals surface area contributed by atoms with Crippen LogP contribution in [-0.2, 0) is 0 Å². The van der Waals surface area contributed by atoms with Crippen molar-refractivity contribution in [3.63, 3.8) is 0 Å². The van der Waals surface area contributed by atoms with E-state index >= 15 is 0 Å². The van der Waals surface area contributed by atoms with Gasteiger partial charge in [0, 0.05) is 40.4 Å². The van der Waals surface area contributed by atoms with Crippen molar-refractivity contribution in [3.8, 4) is 5.88 Å². The number of hydrogen-bond donors (Lipinski definition) is 0. The van der Waals surface area contributed by atoms with E-state index in [1.165, 1.54) is 12.8 Å². The zero-order valence-electron chi connectivity index (χ0n) is 14.2. The molecule has 2 aromatic rings. The Morgan fingerprint density at radius 1 is 1.20 bits per heavy atom. The molecule has 0 radical (unpaired) electrons. The highest BCUT2D eigenvalue weighted by Crippen LogP contribution is 2.24. The molecule has 1 aromatic carbocycles. The molecule has 0 aliphatic heterocycles. The quantitative estimate of drug-likeness (QED) is 0.493. The molecule has 5 heteroatoms. The van der Waals surface area contributed by atoms with Gasteiger partial charge in [-0.3, -0.25) is 9.69 Å². The number of rotatable bonds is 8. The molecule has 130 valence electrons. The maximum Gasteiger partial charge on any atom is 0.213 e. The molecule has 1 fully saturated rings. The Hall–Kier alpha value is -1.98. The standard InChI is InChI=1S/C20H21BrN2O2/c1-23(18-9-10-18)12-2-3-13-25-19-11-6-16(14-22-19)20(24)15-4-7-17(21)8-5-15/h2-8,11,14,18H,9-10,12-13H2,1H3/b3-2+. The summed E-state index contributed by atoms with van der Waals surface area (Å²) in [5, 5.41) is 0. The van der Waals surface area contributed by atoms with Crippen molar-refractivity contribution in [2.75, 3.05) is 20.2 Å². The monoisotopic (exact) mass is 400 g/mol. The summed E-state index contributed by atoms with van der Waals surface area (Å²) in [6.45, 7) is 1.42. The van der Waals surface area contributed by atoms with Crippen molar-refractivity contribution in [2.45, 2.75) is 18.9 Å². The first kappa shape index (κ1) is 17.8. The fraction of sp³-hybridized carbons (Fsp3) is 0.300. The molecule has 1 aliphatic carbocycles. The van der Waals surface area contributed by atoms with Crippen LogP contribution in [0.25, 0.3) is 0 Å². The van der Waals surface area contributed by atoms with Crippen LogP contribution in [0.1, 0.15) is 28.8 Å². The number of pyridine rings is 1. The van der Waals surface area contributed by atoms with Gasteiger partial charge in [-0.1, -0.05) is 28.1 Å². The molecule has 0 amide bonds. The Labute approximate surface area is 156 Å². The highest BCUT2D eigenvalue weighted by molar-refractivity contribution is 9.10. The van der Waals surface area contributed by atoms with E-state index in [1.54, 1.807) is 30.5 Å². The molecule has 25 heavy (non-hydrogen) atoms. The lowest BCUT2D eigenvalue weighted by atomic mass is 10.1. The van der Waals surface area contributed by atoms with Crippen molar-refractivity contribution in [3.05, 3.63) is 70.3 Å². The van der Waals surface area contributed by atoms with Gasteiger partial charge < -0.3 is 4.74 Å². The first-order chi connectivity index (χ1) is 12.1. The number of likely N-dealkylation sites (N-methyl/N-ethyl adjacent to an activating group) is 1. The number of hydrogen-bond acceptors (Lipinski definition) is 4.